The molecule has 0 radical (unpaired) electrons. The third-order valence-electron chi connectivity index (χ3n) is 5.73. The molecule has 0 saturated carbocycles. The van der Waals surface area contributed by atoms with Crippen LogP contribution < -0.4 is 10.6 Å². The lowest BCUT2D eigenvalue weighted by molar-refractivity contribution is -0.134. The van der Waals surface area contributed by atoms with Crippen LogP contribution in [0.5, 0.6) is 0 Å². The Hall–Kier alpha value is -3.37. The van der Waals surface area contributed by atoms with Crippen LogP contribution in [0.25, 0.3) is 11.1 Å². The predicted molar refractivity (Wildman–Crippen MR) is 150 cm³/mol. The molecule has 2 amide bonds. The minimum atomic E-state index is -0.319. The van der Waals surface area contributed by atoms with Crippen LogP contribution in [-0.2, 0) is 16.0 Å². The van der Waals surface area contributed by atoms with E-state index in [-0.39, 0.29) is 18.4 Å². The Morgan fingerprint density at radius 3 is 2.35 bits per heavy atom. The molecule has 0 aromatic heterocycles. The van der Waals surface area contributed by atoms with Crippen LogP contribution in [0.15, 0.2) is 66.7 Å². The smallest absolute Gasteiger partial charge is 0.243 e. The van der Waals surface area contributed by atoms with E-state index in [2.05, 4.69) is 23.6 Å². The van der Waals surface area contributed by atoms with Gasteiger partial charge in [-0.15, -0.1) is 0 Å². The molecule has 0 spiro atoms. The summed E-state index contributed by atoms with van der Waals surface area (Å²) in [4.78, 5) is 27.3. The van der Waals surface area contributed by atoms with E-state index in [9.17, 15) is 9.59 Å². The fourth-order valence-corrected chi connectivity index (χ4v) is 4.37. The van der Waals surface area contributed by atoms with E-state index < -0.39 is 0 Å². The molecular weight excluding hydrogens is 507 g/mol. The van der Waals surface area contributed by atoms with Crippen molar-refractivity contribution in [3.05, 3.63) is 87.9 Å². The summed E-state index contributed by atoms with van der Waals surface area (Å²) in [7, 11) is 0. The Labute approximate surface area is 228 Å². The molecule has 0 bridgehead atoms. The first kappa shape index (κ1) is 28.2. The topological polar surface area (TPSA) is 85.2 Å². The van der Waals surface area contributed by atoms with Gasteiger partial charge in [-0.2, -0.15) is 5.26 Å². The number of benzene rings is 3. The maximum atomic E-state index is 13.0. The highest BCUT2D eigenvalue weighted by molar-refractivity contribution is 6.35. The average molecular weight is 537 g/mol. The van der Waals surface area contributed by atoms with E-state index >= 15 is 0 Å². The summed E-state index contributed by atoms with van der Waals surface area (Å²) in [5.74, 6) is -0.409. The van der Waals surface area contributed by atoms with Gasteiger partial charge in [-0.3, -0.25) is 9.59 Å². The highest BCUT2D eigenvalue weighted by Crippen LogP contribution is 2.23. The first-order chi connectivity index (χ1) is 17.9. The van der Waals surface area contributed by atoms with E-state index in [4.69, 9.17) is 28.5 Å². The summed E-state index contributed by atoms with van der Waals surface area (Å²) in [5, 5.41) is 16.0. The van der Waals surface area contributed by atoms with Gasteiger partial charge in [0.05, 0.1) is 18.2 Å². The normalized spacial score (nSPS) is 10.5. The Morgan fingerprint density at radius 2 is 1.68 bits per heavy atom. The maximum Gasteiger partial charge on any atom is 0.243 e. The molecule has 0 unspecified atom stereocenters. The number of carbonyl (C=O) groups is 2. The molecule has 37 heavy (non-hydrogen) atoms. The van der Waals surface area contributed by atoms with Crippen LogP contribution in [0.4, 0.5) is 5.69 Å². The van der Waals surface area contributed by atoms with Gasteiger partial charge in [-0.1, -0.05) is 66.5 Å². The van der Waals surface area contributed by atoms with Crippen molar-refractivity contribution in [1.82, 2.24) is 10.2 Å². The number of hydrogen-bond donors (Lipinski definition) is 2. The van der Waals surface area contributed by atoms with Gasteiger partial charge in [0.15, 0.2) is 0 Å². The lowest BCUT2D eigenvalue weighted by Crippen LogP contribution is -2.40. The Balaban J connectivity index is 1.65. The van der Waals surface area contributed by atoms with Gasteiger partial charge in [0.2, 0.25) is 11.8 Å². The van der Waals surface area contributed by atoms with Crippen LogP contribution in [0, 0.1) is 11.3 Å². The van der Waals surface area contributed by atoms with Crippen molar-refractivity contribution < 1.29 is 9.59 Å². The van der Waals surface area contributed by atoms with Crippen LogP contribution in [0.2, 0.25) is 10.0 Å². The van der Waals surface area contributed by atoms with Crippen molar-refractivity contribution in [2.24, 2.45) is 0 Å². The molecule has 0 saturated heterocycles. The third kappa shape index (κ3) is 9.22. The van der Waals surface area contributed by atoms with Crippen molar-refractivity contribution in [3.8, 4) is 17.2 Å². The van der Waals surface area contributed by atoms with E-state index in [1.54, 1.807) is 29.2 Å². The monoisotopic (exact) mass is 536 g/mol. The summed E-state index contributed by atoms with van der Waals surface area (Å²) in [6.45, 7) is 3.80. The summed E-state index contributed by atoms with van der Waals surface area (Å²) in [5.41, 5.74) is 4.12. The van der Waals surface area contributed by atoms with E-state index in [0.29, 0.717) is 47.2 Å². The van der Waals surface area contributed by atoms with Crippen molar-refractivity contribution >= 4 is 40.7 Å². The highest BCUT2D eigenvalue weighted by atomic mass is 35.5. The zero-order valence-electron chi connectivity index (χ0n) is 20.8. The molecule has 192 valence electrons. The Morgan fingerprint density at radius 1 is 0.946 bits per heavy atom. The van der Waals surface area contributed by atoms with Gasteiger partial charge in [0.1, 0.15) is 0 Å². The molecule has 0 heterocycles. The summed E-state index contributed by atoms with van der Waals surface area (Å²) in [6.07, 6.45) is 1.90. The standard InChI is InChI=1S/C29H30Cl2N4O2/c1-2-12-33-13-10-29(37)35(20-28(36)34-27-17-25(30)16-26(31)18-27)14-11-21-6-8-23(9-7-21)24-5-3-4-22(15-24)19-32/h3-9,15-18,33H,2,10-14,20H2,1H3,(H,34,36). The first-order valence-corrected chi connectivity index (χ1v) is 13.0. The van der Waals surface area contributed by atoms with E-state index in [0.717, 1.165) is 29.7 Å². The van der Waals surface area contributed by atoms with Crippen molar-refractivity contribution in [1.29, 1.82) is 5.26 Å². The number of carbonyl (C=O) groups excluding carboxylic acids is 2. The van der Waals surface area contributed by atoms with Crippen LogP contribution in [-0.4, -0.2) is 42.9 Å². The Kier molecular flexibility index (Phi) is 11.0. The second kappa shape index (κ2) is 14.4. The van der Waals surface area contributed by atoms with Crippen LogP contribution >= 0.6 is 23.2 Å². The molecule has 6 nitrogen and oxygen atoms in total. The first-order valence-electron chi connectivity index (χ1n) is 12.2. The largest absolute Gasteiger partial charge is 0.333 e. The fourth-order valence-electron chi connectivity index (χ4n) is 3.84. The number of rotatable bonds is 12. The van der Waals surface area contributed by atoms with Gasteiger partial charge in [-0.25, -0.2) is 0 Å². The lowest BCUT2D eigenvalue weighted by Gasteiger charge is -2.23. The molecule has 2 N–H and O–H groups in total. The molecule has 0 aliphatic rings. The average Bonchev–Trinajstić information content (AvgIpc) is 2.88. The minimum Gasteiger partial charge on any atom is -0.333 e. The number of nitrogens with zero attached hydrogens (tertiary/aromatic N) is 2. The fraction of sp³-hybridized carbons (Fsp3) is 0.276. The van der Waals surface area contributed by atoms with E-state index in [1.165, 1.54) is 0 Å². The zero-order chi connectivity index (χ0) is 26.6. The number of nitriles is 1. The van der Waals surface area contributed by atoms with Gasteiger partial charge >= 0.3 is 0 Å². The number of anilines is 1. The molecule has 0 atom stereocenters. The number of halogens is 2. The summed E-state index contributed by atoms with van der Waals surface area (Å²) < 4.78 is 0. The lowest BCUT2D eigenvalue weighted by atomic mass is 10.0. The predicted octanol–water partition coefficient (Wildman–Crippen LogP) is 5.93. The summed E-state index contributed by atoms with van der Waals surface area (Å²) >= 11 is 12.1. The molecule has 0 aliphatic heterocycles. The molecule has 3 rings (SSSR count). The van der Waals surface area contributed by atoms with Crippen molar-refractivity contribution in [3.63, 3.8) is 0 Å². The number of amides is 2. The Bertz CT molecular complexity index is 1240. The van der Waals surface area contributed by atoms with Crippen molar-refractivity contribution in [2.75, 3.05) is 31.5 Å². The highest BCUT2D eigenvalue weighted by Gasteiger charge is 2.17. The molecule has 0 aliphatic carbocycles. The van der Waals surface area contributed by atoms with Crippen LogP contribution in [0.3, 0.4) is 0 Å². The molecule has 8 heteroatoms. The molecule has 0 fully saturated rings. The molecule has 3 aromatic rings. The van der Waals surface area contributed by atoms with Gasteiger partial charge in [0.25, 0.3) is 0 Å². The van der Waals surface area contributed by atoms with Gasteiger partial charge in [0, 0.05) is 35.2 Å². The second-order valence-corrected chi connectivity index (χ2v) is 9.53. The van der Waals surface area contributed by atoms with Gasteiger partial charge < -0.3 is 15.5 Å². The second-order valence-electron chi connectivity index (χ2n) is 8.66. The van der Waals surface area contributed by atoms with Crippen LogP contribution in [0.1, 0.15) is 30.9 Å². The third-order valence-corrected chi connectivity index (χ3v) is 6.16. The zero-order valence-corrected chi connectivity index (χ0v) is 22.3. The molecule has 3 aromatic carbocycles. The van der Waals surface area contributed by atoms with Gasteiger partial charge in [-0.05, 0) is 66.4 Å². The number of hydrogen-bond acceptors (Lipinski definition) is 4. The quantitative estimate of drug-likeness (QED) is 0.281. The molecular formula is C29H30Cl2N4O2. The SMILES string of the molecule is CCCNCCC(=O)N(CCc1ccc(-c2cccc(C#N)c2)cc1)CC(=O)Nc1cc(Cl)cc(Cl)c1. The minimum absolute atomic E-state index is 0.0736. The maximum absolute atomic E-state index is 13.0. The van der Waals surface area contributed by atoms with E-state index in [1.807, 2.05) is 42.5 Å². The van der Waals surface area contributed by atoms with Crippen molar-refractivity contribution in [2.45, 2.75) is 26.2 Å². The summed E-state index contributed by atoms with van der Waals surface area (Å²) in [6, 6.07) is 22.5. The number of nitrogens with one attached hydrogen (secondary N) is 2.